The van der Waals surface area contributed by atoms with Crippen molar-refractivity contribution in [2.45, 2.75) is 32.2 Å². The third kappa shape index (κ3) is 7.43. The molecule has 3 nitrogen and oxygen atoms in total. The van der Waals surface area contributed by atoms with Gasteiger partial charge in [0, 0.05) is 12.6 Å². The Morgan fingerprint density at radius 3 is 2.70 bits per heavy atom. The summed E-state index contributed by atoms with van der Waals surface area (Å²) < 4.78 is 0. The van der Waals surface area contributed by atoms with Gasteiger partial charge in [-0.2, -0.15) is 0 Å². The van der Waals surface area contributed by atoms with Crippen LogP contribution in [-0.4, -0.2) is 18.9 Å². The Hall–Kier alpha value is -0.570. The van der Waals surface area contributed by atoms with E-state index < -0.39 is 0 Å². The summed E-state index contributed by atoms with van der Waals surface area (Å²) in [4.78, 5) is 3.88. The first-order valence-corrected chi connectivity index (χ1v) is 3.73. The number of aliphatic imine (C=N–C) groups is 1. The molecule has 0 heterocycles. The first kappa shape index (κ1) is 9.43. The Kier molecular flexibility index (Phi) is 6.18. The summed E-state index contributed by atoms with van der Waals surface area (Å²) in [5, 5.41) is 0. The van der Waals surface area contributed by atoms with E-state index in [-0.39, 0.29) is 0 Å². The van der Waals surface area contributed by atoms with E-state index in [4.69, 9.17) is 11.5 Å². The number of nitrogens with two attached hydrogens (primary N) is 2. The van der Waals surface area contributed by atoms with Crippen LogP contribution in [0.15, 0.2) is 4.99 Å². The second kappa shape index (κ2) is 6.55. The Morgan fingerprint density at radius 2 is 2.20 bits per heavy atom. The average Bonchev–Trinajstić information content (AvgIpc) is 1.87. The molecule has 0 aliphatic rings. The lowest BCUT2D eigenvalue weighted by Crippen LogP contribution is -2.14. The molecule has 1 unspecified atom stereocenters. The summed E-state index contributed by atoms with van der Waals surface area (Å²) in [5.74, 6) is 0. The van der Waals surface area contributed by atoms with E-state index in [1.54, 1.807) is 0 Å². The van der Waals surface area contributed by atoms with Gasteiger partial charge < -0.3 is 11.5 Å². The molecule has 0 amide bonds. The maximum atomic E-state index is 5.54. The van der Waals surface area contributed by atoms with Gasteiger partial charge in [-0.25, -0.2) is 0 Å². The highest BCUT2D eigenvalue weighted by atomic mass is 14.8. The summed E-state index contributed by atoms with van der Waals surface area (Å²) in [6, 6.07) is 0.321. The second-order valence-electron chi connectivity index (χ2n) is 2.53. The quantitative estimate of drug-likeness (QED) is 0.334. The number of nitrogens with zero attached hydrogens (tertiary/aromatic N) is 1. The van der Waals surface area contributed by atoms with E-state index in [1.807, 2.05) is 6.92 Å². The van der Waals surface area contributed by atoms with Gasteiger partial charge in [0.15, 0.2) is 0 Å². The van der Waals surface area contributed by atoms with E-state index >= 15 is 0 Å². The van der Waals surface area contributed by atoms with Crippen LogP contribution >= 0.6 is 0 Å². The molecule has 1 atom stereocenters. The zero-order chi connectivity index (χ0) is 7.82. The molecule has 0 aromatic rings. The van der Waals surface area contributed by atoms with Gasteiger partial charge in [-0.3, -0.25) is 4.99 Å². The fourth-order valence-electron chi connectivity index (χ4n) is 0.744. The number of unbranched alkanes of at least 4 members (excludes halogenated alkanes) is 1. The maximum Gasteiger partial charge on any atom is 0.0797 e. The van der Waals surface area contributed by atoms with Crippen molar-refractivity contribution in [3.8, 4) is 0 Å². The molecular weight excluding hydrogens is 126 g/mol. The van der Waals surface area contributed by atoms with Crippen molar-refractivity contribution in [3.05, 3.63) is 0 Å². The lowest BCUT2D eigenvalue weighted by Gasteiger charge is -2.01. The number of hydrogen-bond donors (Lipinski definition) is 2. The lowest BCUT2D eigenvalue weighted by molar-refractivity contribution is 0.603. The molecular formula is C7H17N3. The summed E-state index contributed by atoms with van der Waals surface area (Å²) >= 11 is 0. The molecule has 0 rings (SSSR count). The molecule has 4 N–H and O–H groups in total. The molecule has 0 aliphatic carbocycles. The van der Waals surface area contributed by atoms with Crippen LogP contribution in [0, 0.1) is 0 Å². The van der Waals surface area contributed by atoms with Gasteiger partial charge in [-0.1, -0.05) is 6.42 Å². The largest absolute Gasteiger partial charge is 0.390 e. The Bertz CT molecular complexity index is 88.9. The minimum absolute atomic E-state index is 0.321. The Balaban J connectivity index is 2.91. The van der Waals surface area contributed by atoms with E-state index in [0.717, 1.165) is 25.8 Å². The van der Waals surface area contributed by atoms with Crippen molar-refractivity contribution in [2.24, 2.45) is 16.5 Å². The molecule has 0 aromatic carbocycles. The van der Waals surface area contributed by atoms with Gasteiger partial charge in [-0.05, 0) is 19.8 Å². The zero-order valence-electron chi connectivity index (χ0n) is 6.59. The van der Waals surface area contributed by atoms with E-state index in [1.165, 1.54) is 6.34 Å². The molecule has 0 saturated carbocycles. The molecule has 0 fully saturated rings. The van der Waals surface area contributed by atoms with Crippen LogP contribution in [0.3, 0.4) is 0 Å². The first-order chi connectivity index (χ1) is 4.77. The molecule has 10 heavy (non-hydrogen) atoms. The van der Waals surface area contributed by atoms with E-state index in [9.17, 15) is 0 Å². The Morgan fingerprint density at radius 1 is 1.50 bits per heavy atom. The van der Waals surface area contributed by atoms with Gasteiger partial charge in [0.1, 0.15) is 0 Å². The summed E-state index contributed by atoms with van der Waals surface area (Å²) in [5.41, 5.74) is 10.6. The molecule has 0 aromatic heterocycles. The van der Waals surface area contributed by atoms with Crippen molar-refractivity contribution >= 4 is 6.34 Å². The molecule has 60 valence electrons. The molecule has 0 bridgehead atoms. The second-order valence-corrected chi connectivity index (χ2v) is 2.53. The lowest BCUT2D eigenvalue weighted by atomic mass is 10.1. The number of hydrogen-bond acceptors (Lipinski definition) is 2. The van der Waals surface area contributed by atoms with Crippen LogP contribution in [-0.2, 0) is 0 Å². The van der Waals surface area contributed by atoms with Crippen LogP contribution in [0.1, 0.15) is 26.2 Å². The minimum atomic E-state index is 0.321. The van der Waals surface area contributed by atoms with Gasteiger partial charge in [0.05, 0.1) is 6.34 Å². The molecule has 0 radical (unpaired) electrons. The average molecular weight is 143 g/mol. The van der Waals surface area contributed by atoms with Crippen molar-refractivity contribution < 1.29 is 0 Å². The highest BCUT2D eigenvalue weighted by Gasteiger charge is 1.91. The van der Waals surface area contributed by atoms with Crippen LogP contribution in [0.25, 0.3) is 0 Å². The van der Waals surface area contributed by atoms with Gasteiger partial charge in [0.25, 0.3) is 0 Å². The fraction of sp³-hybridized carbons (Fsp3) is 0.857. The zero-order valence-corrected chi connectivity index (χ0v) is 6.59. The van der Waals surface area contributed by atoms with Gasteiger partial charge in [0.2, 0.25) is 0 Å². The van der Waals surface area contributed by atoms with Crippen molar-refractivity contribution in [1.29, 1.82) is 0 Å². The highest BCUT2D eigenvalue weighted by molar-refractivity contribution is 5.50. The summed E-state index contributed by atoms with van der Waals surface area (Å²) in [6.07, 6.45) is 4.68. The summed E-state index contributed by atoms with van der Waals surface area (Å²) in [6.45, 7) is 2.86. The van der Waals surface area contributed by atoms with Crippen molar-refractivity contribution in [2.75, 3.05) is 6.54 Å². The van der Waals surface area contributed by atoms with E-state index in [2.05, 4.69) is 4.99 Å². The standard InChI is InChI=1S/C7H17N3/c1-7(9)4-2-3-5-10-6-8/h6-7H,2-5,9H2,1H3,(H2,8,10). The first-order valence-electron chi connectivity index (χ1n) is 3.73. The maximum absolute atomic E-state index is 5.54. The molecule has 0 aliphatic heterocycles. The number of rotatable bonds is 5. The Labute approximate surface area is 62.5 Å². The van der Waals surface area contributed by atoms with Gasteiger partial charge >= 0.3 is 0 Å². The topological polar surface area (TPSA) is 64.4 Å². The smallest absolute Gasteiger partial charge is 0.0797 e. The normalized spacial score (nSPS) is 14.2. The molecule has 3 heteroatoms. The van der Waals surface area contributed by atoms with Crippen LogP contribution in [0.4, 0.5) is 0 Å². The summed E-state index contributed by atoms with van der Waals surface area (Å²) in [7, 11) is 0. The fourth-order valence-corrected chi connectivity index (χ4v) is 0.744. The third-order valence-electron chi connectivity index (χ3n) is 1.30. The minimum Gasteiger partial charge on any atom is -0.390 e. The predicted molar refractivity (Wildman–Crippen MR) is 45.0 cm³/mol. The van der Waals surface area contributed by atoms with Crippen LogP contribution in [0.5, 0.6) is 0 Å². The predicted octanol–water partition coefficient (Wildman–Crippen LogP) is 0.491. The van der Waals surface area contributed by atoms with E-state index in [0.29, 0.717) is 6.04 Å². The van der Waals surface area contributed by atoms with Gasteiger partial charge in [-0.15, -0.1) is 0 Å². The SMILES string of the molecule is CC(N)CCCCN=CN. The highest BCUT2D eigenvalue weighted by Crippen LogP contribution is 1.97. The third-order valence-corrected chi connectivity index (χ3v) is 1.30. The molecule has 0 saturated heterocycles. The van der Waals surface area contributed by atoms with Crippen LogP contribution in [0.2, 0.25) is 0 Å². The molecule has 0 spiro atoms. The van der Waals surface area contributed by atoms with Crippen molar-refractivity contribution in [3.63, 3.8) is 0 Å². The monoisotopic (exact) mass is 143 g/mol. The van der Waals surface area contributed by atoms with Crippen LogP contribution < -0.4 is 11.5 Å². The van der Waals surface area contributed by atoms with Crippen molar-refractivity contribution in [1.82, 2.24) is 0 Å².